The zero-order chi connectivity index (χ0) is 33.5. The lowest BCUT2D eigenvalue weighted by Gasteiger charge is -2.38. The van der Waals surface area contributed by atoms with Gasteiger partial charge in [0.2, 0.25) is 5.91 Å². The number of rotatable bonds is 9. The maximum atomic E-state index is 14.1. The molecule has 1 aliphatic rings. The van der Waals surface area contributed by atoms with Crippen LogP contribution in [0.2, 0.25) is 0 Å². The van der Waals surface area contributed by atoms with E-state index in [4.69, 9.17) is 19.4 Å². The van der Waals surface area contributed by atoms with Crippen LogP contribution in [0.4, 0.5) is 17.6 Å². The Morgan fingerprint density at radius 2 is 1.71 bits per heavy atom. The molecule has 45 heavy (non-hydrogen) atoms. The minimum Gasteiger partial charge on any atom is -0.494 e. The molecule has 0 radical (unpaired) electrons. The molecule has 1 aliphatic heterocycles. The summed E-state index contributed by atoms with van der Waals surface area (Å²) in [6, 6.07) is 12.6. The zero-order valence-corrected chi connectivity index (χ0v) is 25.6. The largest absolute Gasteiger partial charge is 0.494 e. The van der Waals surface area contributed by atoms with E-state index in [-0.39, 0.29) is 30.1 Å². The highest BCUT2D eigenvalue weighted by molar-refractivity contribution is 5.76. The van der Waals surface area contributed by atoms with Gasteiger partial charge in [-0.15, -0.1) is 5.10 Å². The van der Waals surface area contributed by atoms with Gasteiger partial charge >= 0.3 is 17.8 Å². The van der Waals surface area contributed by atoms with Gasteiger partial charge in [0.1, 0.15) is 6.54 Å². The summed E-state index contributed by atoms with van der Waals surface area (Å²) in [6.07, 6.45) is -4.21. The van der Waals surface area contributed by atoms with Crippen molar-refractivity contribution in [3.05, 3.63) is 64.3 Å². The quantitative estimate of drug-likeness (QED) is 0.340. The van der Waals surface area contributed by atoms with Gasteiger partial charge in [0.05, 0.1) is 26.0 Å². The van der Waals surface area contributed by atoms with Gasteiger partial charge < -0.3 is 19.9 Å². The summed E-state index contributed by atoms with van der Waals surface area (Å²) < 4.78 is 59.1. The lowest BCUT2D eigenvalue weighted by atomic mass is 10.1. The Kier molecular flexibility index (Phi) is 11.9. The third-order valence-electron chi connectivity index (χ3n) is 6.96. The highest BCUT2D eigenvalue weighted by Crippen LogP contribution is 2.25. The first-order valence-electron chi connectivity index (χ1n) is 14.2. The van der Waals surface area contributed by atoms with Gasteiger partial charge in [-0.05, 0) is 70.0 Å². The highest BCUT2D eigenvalue weighted by atomic mass is 19.4. The number of morpholine rings is 1. The van der Waals surface area contributed by atoms with Crippen LogP contribution in [0.15, 0.2) is 47.3 Å². The molecule has 2 unspecified atom stereocenters. The maximum Gasteiger partial charge on any atom is 0.490 e. The van der Waals surface area contributed by atoms with E-state index in [1.54, 1.807) is 0 Å². The Hall–Kier alpha value is -4.24. The van der Waals surface area contributed by atoms with Crippen molar-refractivity contribution >= 4 is 11.9 Å². The van der Waals surface area contributed by atoms with Crippen LogP contribution < -0.4 is 15.7 Å². The number of carbonyl (C=O) groups excluding carboxylic acids is 1. The first-order chi connectivity index (χ1) is 21.1. The van der Waals surface area contributed by atoms with E-state index in [1.165, 1.54) is 34.6 Å². The van der Waals surface area contributed by atoms with Gasteiger partial charge in [0.15, 0.2) is 17.4 Å². The number of ether oxygens (including phenoxy) is 2. The molecule has 1 aromatic heterocycles. The van der Waals surface area contributed by atoms with E-state index < -0.39 is 23.7 Å². The molecule has 1 fully saturated rings. The van der Waals surface area contributed by atoms with Crippen molar-refractivity contribution in [1.29, 1.82) is 0 Å². The fourth-order valence-corrected chi connectivity index (χ4v) is 4.77. The Morgan fingerprint density at radius 3 is 2.24 bits per heavy atom. The molecule has 3 aromatic rings. The number of hydrogen-bond donors (Lipinski definition) is 2. The summed E-state index contributed by atoms with van der Waals surface area (Å²) in [5.74, 6) is -3.34. The van der Waals surface area contributed by atoms with Crippen LogP contribution >= 0.6 is 0 Å². The van der Waals surface area contributed by atoms with Crippen molar-refractivity contribution in [2.24, 2.45) is 0 Å². The number of methoxy groups -OCH3 is 1. The minimum absolute atomic E-state index is 0.0240. The number of carbonyl (C=O) groups is 2. The Bertz CT molecular complexity index is 1510. The molecule has 0 aliphatic carbocycles. The van der Waals surface area contributed by atoms with Gasteiger partial charge in [-0.3, -0.25) is 14.3 Å². The summed E-state index contributed by atoms with van der Waals surface area (Å²) in [5, 5.41) is 14.5. The number of halogens is 4. The molecule has 0 bridgehead atoms. The van der Waals surface area contributed by atoms with Gasteiger partial charge in [-0.2, -0.15) is 17.9 Å². The number of carboxylic acids is 1. The van der Waals surface area contributed by atoms with E-state index in [2.05, 4.69) is 29.2 Å². The molecule has 2 aromatic carbocycles. The second-order valence-electron chi connectivity index (χ2n) is 10.9. The van der Waals surface area contributed by atoms with Crippen LogP contribution in [0, 0.1) is 5.82 Å². The molecule has 15 heteroatoms. The van der Waals surface area contributed by atoms with Crippen molar-refractivity contribution in [3.8, 4) is 22.8 Å². The van der Waals surface area contributed by atoms with Crippen LogP contribution in [0.25, 0.3) is 17.1 Å². The molecule has 2 atom stereocenters. The SMILES string of the molecule is COc1cc(-c2nn(-c3ccc(CCN4C(C)COCC4C)cc3)c(=O)n2CC(=O)NC(C)C)ccc1F.O=C(O)C(F)(F)F. The van der Waals surface area contributed by atoms with Gasteiger partial charge in [-0.25, -0.2) is 14.0 Å². The molecule has 1 saturated heterocycles. The number of hydrogen-bond acceptors (Lipinski definition) is 7. The summed E-state index contributed by atoms with van der Waals surface area (Å²) in [4.78, 5) is 37.4. The summed E-state index contributed by atoms with van der Waals surface area (Å²) in [5.41, 5.74) is 1.71. The maximum absolute atomic E-state index is 14.1. The van der Waals surface area contributed by atoms with Crippen molar-refractivity contribution in [1.82, 2.24) is 24.6 Å². The number of aliphatic carboxylic acids is 1. The number of nitrogens with one attached hydrogen (secondary N) is 1. The molecule has 246 valence electrons. The Labute approximate surface area is 257 Å². The second-order valence-corrected chi connectivity index (χ2v) is 10.9. The molecule has 0 saturated carbocycles. The fourth-order valence-electron chi connectivity index (χ4n) is 4.77. The number of aromatic nitrogens is 3. The first kappa shape index (κ1) is 35.2. The molecule has 2 N–H and O–H groups in total. The van der Waals surface area contributed by atoms with Crippen LogP contribution in [0.5, 0.6) is 5.75 Å². The average molecular weight is 640 g/mol. The third kappa shape index (κ3) is 9.38. The number of carboxylic acid groups (broad SMARTS) is 1. The molecular formula is C30H37F4N5O6. The predicted octanol–water partition coefficient (Wildman–Crippen LogP) is 3.66. The van der Waals surface area contributed by atoms with Gasteiger partial charge in [0.25, 0.3) is 0 Å². The first-order valence-corrected chi connectivity index (χ1v) is 14.2. The standard InChI is InChI=1S/C28H36FN5O4.C2HF3O2/c1-18(2)30-26(35)15-33-27(22-8-11-24(29)25(14-22)37-5)31-34(28(33)36)23-9-6-21(7-10-23)12-13-32-19(3)16-38-17-20(32)4;3-2(4,5)1(6)7/h6-11,14,18-20H,12-13,15-17H2,1-5H3,(H,30,35);(H,6,7). The fraction of sp³-hybridized carbons (Fsp3) is 0.467. The lowest BCUT2D eigenvalue weighted by molar-refractivity contribution is -0.192. The Morgan fingerprint density at radius 1 is 1.11 bits per heavy atom. The van der Waals surface area contributed by atoms with Crippen LogP contribution in [-0.2, 0) is 27.3 Å². The Balaban J connectivity index is 0.000000707. The van der Waals surface area contributed by atoms with E-state index in [9.17, 15) is 27.2 Å². The number of alkyl halides is 3. The topological polar surface area (TPSA) is 128 Å². The van der Waals surface area contributed by atoms with Crippen LogP contribution in [0.3, 0.4) is 0 Å². The molecular weight excluding hydrogens is 602 g/mol. The third-order valence-corrected chi connectivity index (χ3v) is 6.96. The molecule has 11 nitrogen and oxygen atoms in total. The number of benzene rings is 2. The van der Waals surface area contributed by atoms with Gasteiger partial charge in [0, 0.05) is 30.2 Å². The van der Waals surface area contributed by atoms with E-state index in [0.717, 1.165) is 31.7 Å². The zero-order valence-electron chi connectivity index (χ0n) is 25.6. The predicted molar refractivity (Wildman–Crippen MR) is 157 cm³/mol. The van der Waals surface area contributed by atoms with Crippen LogP contribution in [-0.4, -0.2) is 87.4 Å². The minimum atomic E-state index is -5.08. The van der Waals surface area contributed by atoms with Crippen molar-refractivity contribution in [2.45, 2.75) is 65.0 Å². The van der Waals surface area contributed by atoms with Crippen molar-refractivity contribution in [2.75, 3.05) is 26.9 Å². The van der Waals surface area contributed by atoms with Crippen molar-refractivity contribution < 1.29 is 41.7 Å². The van der Waals surface area contributed by atoms with E-state index >= 15 is 0 Å². The molecule has 1 amide bonds. The molecule has 4 rings (SSSR count). The monoisotopic (exact) mass is 639 g/mol. The smallest absolute Gasteiger partial charge is 0.490 e. The summed E-state index contributed by atoms with van der Waals surface area (Å²) in [6.45, 7) is 10.2. The van der Waals surface area contributed by atoms with Crippen LogP contribution in [0.1, 0.15) is 33.3 Å². The highest BCUT2D eigenvalue weighted by Gasteiger charge is 2.38. The van der Waals surface area contributed by atoms with Gasteiger partial charge in [-0.1, -0.05) is 12.1 Å². The lowest BCUT2D eigenvalue weighted by Crippen LogP contribution is -2.50. The summed E-state index contributed by atoms with van der Waals surface area (Å²) >= 11 is 0. The average Bonchev–Trinajstić information content (AvgIpc) is 3.28. The molecule has 2 heterocycles. The number of amides is 1. The summed E-state index contributed by atoms with van der Waals surface area (Å²) in [7, 11) is 1.37. The normalized spacial score (nSPS) is 17.0. The molecule has 0 spiro atoms. The van der Waals surface area contributed by atoms with E-state index in [1.807, 2.05) is 38.1 Å². The van der Waals surface area contributed by atoms with Crippen molar-refractivity contribution in [3.63, 3.8) is 0 Å². The van der Waals surface area contributed by atoms with E-state index in [0.29, 0.717) is 23.3 Å². The number of nitrogens with zero attached hydrogens (tertiary/aromatic N) is 4. The second kappa shape index (κ2) is 15.2.